The topological polar surface area (TPSA) is 40.5 Å². The van der Waals surface area contributed by atoms with Gasteiger partial charge in [0, 0.05) is 11.0 Å². The first kappa shape index (κ1) is 14.5. The molecular weight excluding hydrogens is 306 g/mol. The molecule has 1 fully saturated rings. The minimum Gasteiger partial charge on any atom is -0.481 e. The second-order valence-corrected chi connectivity index (χ2v) is 6.70. The van der Waals surface area contributed by atoms with E-state index < -0.39 is 5.97 Å². The van der Waals surface area contributed by atoms with E-state index >= 15 is 0 Å². The zero-order chi connectivity index (χ0) is 13.9. The van der Waals surface area contributed by atoms with Crippen LogP contribution in [0.4, 0.5) is 0 Å². The van der Waals surface area contributed by atoms with Gasteiger partial charge in [0.1, 0.15) is 0 Å². The molecule has 0 amide bonds. The highest BCUT2D eigenvalue weighted by atomic mass is 79.9. The first-order valence-electron chi connectivity index (χ1n) is 6.65. The van der Waals surface area contributed by atoms with Gasteiger partial charge in [-0.05, 0) is 49.0 Å². The fourth-order valence-electron chi connectivity index (χ4n) is 2.64. The van der Waals surface area contributed by atoms with Gasteiger partial charge in [0.05, 0.1) is 6.42 Å². The molecule has 3 nitrogen and oxygen atoms in total. The molecule has 0 aromatic heterocycles. The van der Waals surface area contributed by atoms with Crippen molar-refractivity contribution in [3.63, 3.8) is 0 Å². The van der Waals surface area contributed by atoms with Gasteiger partial charge < -0.3 is 5.11 Å². The lowest BCUT2D eigenvalue weighted by molar-refractivity contribution is -0.140. The second-order valence-electron chi connectivity index (χ2n) is 5.78. The van der Waals surface area contributed by atoms with Crippen LogP contribution in [-0.4, -0.2) is 29.1 Å². The first-order valence-corrected chi connectivity index (χ1v) is 7.45. The van der Waals surface area contributed by atoms with Crippen LogP contribution in [0.1, 0.15) is 31.7 Å². The summed E-state index contributed by atoms with van der Waals surface area (Å²) in [4.78, 5) is 13.3. The van der Waals surface area contributed by atoms with Crippen LogP contribution in [0.15, 0.2) is 28.7 Å². The van der Waals surface area contributed by atoms with Crippen molar-refractivity contribution in [1.29, 1.82) is 0 Å². The van der Waals surface area contributed by atoms with Crippen molar-refractivity contribution in [1.82, 2.24) is 4.90 Å². The molecule has 104 valence electrons. The Morgan fingerprint density at radius 1 is 1.32 bits per heavy atom. The molecule has 1 saturated heterocycles. The number of aliphatic carboxylic acids is 1. The van der Waals surface area contributed by atoms with Crippen LogP contribution in [0.5, 0.6) is 0 Å². The van der Waals surface area contributed by atoms with E-state index in [1.54, 1.807) is 0 Å². The number of benzene rings is 1. The van der Waals surface area contributed by atoms with Crippen molar-refractivity contribution in [2.24, 2.45) is 5.41 Å². The van der Waals surface area contributed by atoms with Crippen LogP contribution >= 0.6 is 15.9 Å². The van der Waals surface area contributed by atoms with Gasteiger partial charge in [0.15, 0.2) is 0 Å². The third kappa shape index (κ3) is 4.32. The number of likely N-dealkylation sites (tertiary alicyclic amines) is 1. The average Bonchev–Trinajstić information content (AvgIpc) is 2.34. The maximum atomic E-state index is 10.9. The van der Waals surface area contributed by atoms with E-state index in [2.05, 4.69) is 52.0 Å². The molecule has 1 aromatic rings. The molecule has 1 aliphatic heterocycles. The number of hydrogen-bond acceptors (Lipinski definition) is 2. The minimum atomic E-state index is -0.677. The van der Waals surface area contributed by atoms with E-state index in [9.17, 15) is 4.79 Å². The smallest absolute Gasteiger partial charge is 0.303 e. The van der Waals surface area contributed by atoms with Crippen molar-refractivity contribution < 1.29 is 9.90 Å². The standard InChI is InChI=1S/C15H20BrNO2/c1-15(10-14(18)19)6-8-17(9-7-15)11-12-2-4-13(16)5-3-12/h2-5H,6-11H2,1H3,(H,18,19). The third-order valence-corrected chi connectivity index (χ3v) is 4.49. The van der Waals surface area contributed by atoms with Gasteiger partial charge in [-0.2, -0.15) is 0 Å². The lowest BCUT2D eigenvalue weighted by Gasteiger charge is -2.38. The molecule has 1 aromatic carbocycles. The largest absolute Gasteiger partial charge is 0.481 e. The van der Waals surface area contributed by atoms with E-state index in [-0.39, 0.29) is 5.41 Å². The van der Waals surface area contributed by atoms with E-state index in [0.29, 0.717) is 6.42 Å². The highest BCUT2D eigenvalue weighted by Crippen LogP contribution is 2.34. The molecule has 1 aliphatic rings. The number of rotatable bonds is 4. The summed E-state index contributed by atoms with van der Waals surface area (Å²) in [5, 5.41) is 8.94. The summed E-state index contributed by atoms with van der Waals surface area (Å²) >= 11 is 3.44. The van der Waals surface area contributed by atoms with Crippen molar-refractivity contribution in [3.8, 4) is 0 Å². The fourth-order valence-corrected chi connectivity index (χ4v) is 2.91. The number of hydrogen-bond donors (Lipinski definition) is 1. The average molecular weight is 326 g/mol. The molecular formula is C15H20BrNO2. The summed E-state index contributed by atoms with van der Waals surface area (Å²) in [6.07, 6.45) is 2.23. The predicted molar refractivity (Wildman–Crippen MR) is 79.0 cm³/mol. The fraction of sp³-hybridized carbons (Fsp3) is 0.533. The number of carboxylic acids is 1. The Morgan fingerprint density at radius 2 is 1.89 bits per heavy atom. The summed E-state index contributed by atoms with van der Waals surface area (Å²) in [6.45, 7) is 5.02. The molecule has 19 heavy (non-hydrogen) atoms. The highest BCUT2D eigenvalue weighted by molar-refractivity contribution is 9.10. The summed E-state index contributed by atoms with van der Waals surface area (Å²) in [5.74, 6) is -0.677. The van der Waals surface area contributed by atoms with E-state index in [1.165, 1.54) is 5.56 Å². The third-order valence-electron chi connectivity index (χ3n) is 3.96. The van der Waals surface area contributed by atoms with Crippen LogP contribution in [0.25, 0.3) is 0 Å². The van der Waals surface area contributed by atoms with Gasteiger partial charge in [-0.25, -0.2) is 0 Å². The van der Waals surface area contributed by atoms with Gasteiger partial charge in [0.25, 0.3) is 0 Å². The van der Waals surface area contributed by atoms with Gasteiger partial charge in [0.2, 0.25) is 0 Å². The minimum absolute atomic E-state index is 0.0257. The molecule has 0 atom stereocenters. The van der Waals surface area contributed by atoms with Gasteiger partial charge >= 0.3 is 5.97 Å². The Balaban J connectivity index is 1.86. The van der Waals surface area contributed by atoms with Crippen LogP contribution in [0, 0.1) is 5.41 Å². The Hall–Kier alpha value is -0.870. The number of carboxylic acid groups (broad SMARTS) is 1. The molecule has 0 spiro atoms. The molecule has 0 radical (unpaired) electrons. The maximum absolute atomic E-state index is 10.9. The lowest BCUT2D eigenvalue weighted by atomic mass is 9.77. The van der Waals surface area contributed by atoms with Crippen LogP contribution < -0.4 is 0 Å². The number of nitrogens with zero attached hydrogens (tertiary/aromatic N) is 1. The van der Waals surface area contributed by atoms with Gasteiger partial charge in [-0.3, -0.25) is 9.69 Å². The normalized spacial score (nSPS) is 19.3. The maximum Gasteiger partial charge on any atom is 0.303 e. The zero-order valence-electron chi connectivity index (χ0n) is 11.2. The monoisotopic (exact) mass is 325 g/mol. The predicted octanol–water partition coefficient (Wildman–Crippen LogP) is 3.53. The van der Waals surface area contributed by atoms with Crippen molar-refractivity contribution in [3.05, 3.63) is 34.3 Å². The first-order chi connectivity index (χ1) is 8.97. The number of halogens is 1. The van der Waals surface area contributed by atoms with Crippen molar-refractivity contribution in [2.75, 3.05) is 13.1 Å². The highest BCUT2D eigenvalue weighted by Gasteiger charge is 2.32. The van der Waals surface area contributed by atoms with E-state index in [0.717, 1.165) is 36.9 Å². The molecule has 0 saturated carbocycles. The Bertz CT molecular complexity index is 436. The molecule has 0 bridgehead atoms. The summed E-state index contributed by atoms with van der Waals surface area (Å²) in [6, 6.07) is 8.39. The Kier molecular flexibility index (Phi) is 4.63. The lowest BCUT2D eigenvalue weighted by Crippen LogP contribution is -2.39. The summed E-state index contributed by atoms with van der Waals surface area (Å²) in [7, 11) is 0. The van der Waals surface area contributed by atoms with Crippen molar-refractivity contribution >= 4 is 21.9 Å². The molecule has 0 unspecified atom stereocenters. The zero-order valence-corrected chi connectivity index (χ0v) is 12.8. The summed E-state index contributed by atoms with van der Waals surface area (Å²) < 4.78 is 1.10. The van der Waals surface area contributed by atoms with Gasteiger partial charge in [-0.1, -0.05) is 35.0 Å². The van der Waals surface area contributed by atoms with Gasteiger partial charge in [-0.15, -0.1) is 0 Å². The molecule has 1 heterocycles. The van der Waals surface area contributed by atoms with Crippen LogP contribution in [0.3, 0.4) is 0 Å². The molecule has 0 aliphatic carbocycles. The molecule has 1 N–H and O–H groups in total. The van der Waals surface area contributed by atoms with Crippen LogP contribution in [0.2, 0.25) is 0 Å². The molecule has 4 heteroatoms. The SMILES string of the molecule is CC1(CC(=O)O)CCN(Cc2ccc(Br)cc2)CC1. The second kappa shape index (κ2) is 6.06. The van der Waals surface area contributed by atoms with Crippen LogP contribution in [-0.2, 0) is 11.3 Å². The number of piperidine rings is 1. The Morgan fingerprint density at radius 3 is 2.42 bits per heavy atom. The Labute approximate surface area is 122 Å². The van der Waals surface area contributed by atoms with E-state index in [1.807, 2.05) is 0 Å². The molecule has 2 rings (SSSR count). The number of carbonyl (C=O) groups is 1. The quantitative estimate of drug-likeness (QED) is 0.920. The van der Waals surface area contributed by atoms with E-state index in [4.69, 9.17) is 5.11 Å². The van der Waals surface area contributed by atoms with Crippen molar-refractivity contribution in [2.45, 2.75) is 32.7 Å². The summed E-state index contributed by atoms with van der Waals surface area (Å²) in [5.41, 5.74) is 1.28.